The van der Waals surface area contributed by atoms with E-state index < -0.39 is 0 Å². The minimum atomic E-state index is -0.313. The van der Waals surface area contributed by atoms with Gasteiger partial charge in [0.25, 0.3) is 0 Å². The number of esters is 1. The molecule has 0 N–H and O–H groups in total. The second-order valence-electron chi connectivity index (χ2n) is 8.80. The van der Waals surface area contributed by atoms with Crippen LogP contribution in [0.3, 0.4) is 0 Å². The van der Waals surface area contributed by atoms with Gasteiger partial charge in [-0.15, -0.1) is 0 Å². The van der Waals surface area contributed by atoms with Crippen LogP contribution in [-0.2, 0) is 15.6 Å². The van der Waals surface area contributed by atoms with Gasteiger partial charge in [0.2, 0.25) is 0 Å². The van der Waals surface area contributed by atoms with E-state index in [1.54, 1.807) is 6.07 Å². The lowest BCUT2D eigenvalue weighted by atomic mass is 9.63. The lowest BCUT2D eigenvalue weighted by molar-refractivity contribution is 0.0600. The Balaban J connectivity index is 1.95. The number of ether oxygens (including phenoxy) is 1. The molecule has 2 aromatic rings. The van der Waals surface area contributed by atoms with Gasteiger partial charge in [-0.3, -0.25) is 0 Å². The Hall–Kier alpha value is -2.53. The van der Waals surface area contributed by atoms with Crippen molar-refractivity contribution in [3.8, 4) is 11.8 Å². The third kappa shape index (κ3) is 3.78. The second-order valence-corrected chi connectivity index (χ2v) is 8.80. The molecular formula is C25H28O2. The van der Waals surface area contributed by atoms with Crippen LogP contribution in [-0.4, -0.2) is 13.1 Å². The summed E-state index contributed by atoms with van der Waals surface area (Å²) in [4.78, 5) is 11.7. The van der Waals surface area contributed by atoms with Gasteiger partial charge in [0.1, 0.15) is 0 Å². The van der Waals surface area contributed by atoms with Crippen LogP contribution in [0.15, 0.2) is 36.4 Å². The van der Waals surface area contributed by atoms with E-state index in [2.05, 4.69) is 57.7 Å². The quantitative estimate of drug-likeness (QED) is 0.494. The fourth-order valence-electron chi connectivity index (χ4n) is 3.89. The zero-order chi connectivity index (χ0) is 19.8. The van der Waals surface area contributed by atoms with Gasteiger partial charge >= 0.3 is 5.97 Å². The molecule has 0 fully saturated rings. The predicted octanol–water partition coefficient (Wildman–Crippen LogP) is 5.53. The van der Waals surface area contributed by atoms with Gasteiger partial charge in [-0.2, -0.15) is 0 Å². The average molecular weight is 360 g/mol. The molecule has 1 aliphatic carbocycles. The summed E-state index contributed by atoms with van der Waals surface area (Å²) in [6.07, 6.45) is 2.40. The predicted molar refractivity (Wildman–Crippen MR) is 110 cm³/mol. The summed E-state index contributed by atoms with van der Waals surface area (Å²) in [5.41, 5.74) is 6.67. The molecule has 1 aliphatic rings. The molecule has 0 radical (unpaired) electrons. The summed E-state index contributed by atoms with van der Waals surface area (Å²) in [7, 11) is 1.40. The van der Waals surface area contributed by atoms with Crippen LogP contribution in [0.2, 0.25) is 0 Å². The van der Waals surface area contributed by atoms with Crippen LogP contribution in [0.4, 0.5) is 0 Å². The molecule has 140 valence electrons. The van der Waals surface area contributed by atoms with E-state index in [1.165, 1.54) is 31.1 Å². The molecule has 0 heterocycles. The maximum Gasteiger partial charge on any atom is 0.338 e. The summed E-state index contributed by atoms with van der Waals surface area (Å²) in [5, 5.41) is 0. The Kier molecular flexibility index (Phi) is 4.91. The largest absolute Gasteiger partial charge is 0.465 e. The molecule has 0 amide bonds. The van der Waals surface area contributed by atoms with Crippen molar-refractivity contribution in [2.75, 3.05) is 7.11 Å². The Morgan fingerprint density at radius 1 is 0.889 bits per heavy atom. The number of rotatable bonds is 1. The normalized spacial score (nSPS) is 16.7. The van der Waals surface area contributed by atoms with Crippen LogP contribution in [0.25, 0.3) is 0 Å². The van der Waals surface area contributed by atoms with Crippen molar-refractivity contribution < 1.29 is 9.53 Å². The minimum Gasteiger partial charge on any atom is -0.465 e. The molecule has 0 spiro atoms. The summed E-state index contributed by atoms with van der Waals surface area (Å²) >= 11 is 0. The van der Waals surface area contributed by atoms with Crippen LogP contribution < -0.4 is 0 Å². The minimum absolute atomic E-state index is 0.182. The number of carbonyl (C=O) groups is 1. The van der Waals surface area contributed by atoms with Gasteiger partial charge in [-0.25, -0.2) is 4.79 Å². The summed E-state index contributed by atoms with van der Waals surface area (Å²) < 4.78 is 4.80. The van der Waals surface area contributed by atoms with Crippen LogP contribution >= 0.6 is 0 Å². The first-order valence-electron chi connectivity index (χ1n) is 9.50. The van der Waals surface area contributed by atoms with Crippen LogP contribution in [0.1, 0.15) is 78.7 Å². The summed E-state index contributed by atoms with van der Waals surface area (Å²) in [5.74, 6) is 6.23. The fourth-order valence-corrected chi connectivity index (χ4v) is 3.89. The van der Waals surface area contributed by atoms with E-state index in [1.807, 2.05) is 19.1 Å². The maximum atomic E-state index is 11.7. The monoisotopic (exact) mass is 360 g/mol. The molecule has 2 heteroatoms. The number of hydrogen-bond donors (Lipinski definition) is 0. The first kappa shape index (κ1) is 19.2. The number of benzene rings is 2. The van der Waals surface area contributed by atoms with E-state index >= 15 is 0 Å². The first-order chi connectivity index (χ1) is 12.6. The molecule has 0 saturated carbocycles. The zero-order valence-corrected chi connectivity index (χ0v) is 17.2. The smallest absolute Gasteiger partial charge is 0.338 e. The van der Waals surface area contributed by atoms with Crippen molar-refractivity contribution in [2.24, 2.45) is 0 Å². The van der Waals surface area contributed by atoms with Gasteiger partial charge in [-0.1, -0.05) is 45.6 Å². The zero-order valence-electron chi connectivity index (χ0n) is 17.2. The van der Waals surface area contributed by atoms with Gasteiger partial charge in [-0.05, 0) is 77.6 Å². The number of methoxy groups -OCH3 is 1. The average Bonchev–Trinajstić information content (AvgIpc) is 2.63. The Morgan fingerprint density at radius 3 is 2.04 bits per heavy atom. The number of aryl methyl sites for hydroxylation is 1. The number of carbonyl (C=O) groups excluding carboxylic acids is 1. The second kappa shape index (κ2) is 6.89. The molecule has 0 aliphatic heterocycles. The molecular weight excluding hydrogens is 332 g/mol. The lowest BCUT2D eigenvalue weighted by Gasteiger charge is -2.41. The standard InChI is InChI=1S/C25H28O2/c1-17-15-18(9-11-20(17)23(26)27-6)7-8-19-10-12-21-22(16-19)25(4,5)14-13-24(21,2)3/h9-12,15-16H,13-14H2,1-6H3. The van der Waals surface area contributed by atoms with Gasteiger partial charge in [0.05, 0.1) is 12.7 Å². The van der Waals surface area contributed by atoms with Crippen molar-refractivity contribution in [3.63, 3.8) is 0 Å². The highest BCUT2D eigenvalue weighted by Crippen LogP contribution is 2.45. The summed E-state index contributed by atoms with van der Waals surface area (Å²) in [6, 6.07) is 12.2. The molecule has 0 saturated heterocycles. The summed E-state index contributed by atoms with van der Waals surface area (Å²) in [6.45, 7) is 11.2. The van der Waals surface area contributed by atoms with Crippen molar-refractivity contribution in [2.45, 2.75) is 58.3 Å². The van der Waals surface area contributed by atoms with Gasteiger partial charge in [0.15, 0.2) is 0 Å². The highest BCUT2D eigenvalue weighted by molar-refractivity contribution is 5.91. The van der Waals surface area contributed by atoms with Crippen molar-refractivity contribution in [1.82, 2.24) is 0 Å². The van der Waals surface area contributed by atoms with E-state index in [4.69, 9.17) is 4.74 Å². The molecule has 0 atom stereocenters. The number of hydrogen-bond acceptors (Lipinski definition) is 2. The van der Waals surface area contributed by atoms with Crippen molar-refractivity contribution in [1.29, 1.82) is 0 Å². The topological polar surface area (TPSA) is 26.3 Å². The lowest BCUT2D eigenvalue weighted by Crippen LogP contribution is -2.33. The molecule has 3 rings (SSSR count). The van der Waals surface area contributed by atoms with Gasteiger partial charge in [0, 0.05) is 11.1 Å². The molecule has 2 aromatic carbocycles. The highest BCUT2D eigenvalue weighted by atomic mass is 16.5. The fraction of sp³-hybridized carbons (Fsp3) is 0.400. The molecule has 27 heavy (non-hydrogen) atoms. The van der Waals surface area contributed by atoms with E-state index in [9.17, 15) is 4.79 Å². The third-order valence-corrected chi connectivity index (χ3v) is 5.84. The van der Waals surface area contributed by atoms with Crippen LogP contribution in [0.5, 0.6) is 0 Å². The Morgan fingerprint density at radius 2 is 1.44 bits per heavy atom. The maximum absolute atomic E-state index is 11.7. The SMILES string of the molecule is COC(=O)c1ccc(C#Cc2ccc3c(c2)C(C)(C)CCC3(C)C)cc1C. The third-order valence-electron chi connectivity index (χ3n) is 5.84. The van der Waals surface area contributed by atoms with E-state index in [0.29, 0.717) is 5.56 Å². The van der Waals surface area contributed by atoms with Crippen LogP contribution in [0, 0.1) is 18.8 Å². The van der Waals surface area contributed by atoms with E-state index in [-0.39, 0.29) is 16.8 Å². The number of fused-ring (bicyclic) bond motifs is 1. The van der Waals surface area contributed by atoms with E-state index in [0.717, 1.165) is 16.7 Å². The molecule has 0 unspecified atom stereocenters. The molecule has 0 bridgehead atoms. The first-order valence-corrected chi connectivity index (χ1v) is 9.50. The van der Waals surface area contributed by atoms with Crippen molar-refractivity contribution in [3.05, 3.63) is 69.8 Å². The molecule has 2 nitrogen and oxygen atoms in total. The van der Waals surface area contributed by atoms with Gasteiger partial charge < -0.3 is 4.74 Å². The Labute approximate surface area is 163 Å². The van der Waals surface area contributed by atoms with Crippen molar-refractivity contribution >= 4 is 5.97 Å². The molecule has 0 aromatic heterocycles. The highest BCUT2D eigenvalue weighted by Gasteiger charge is 2.36. The Bertz CT molecular complexity index is 952.